The van der Waals surface area contributed by atoms with Gasteiger partial charge in [-0.3, -0.25) is 0 Å². The molecule has 0 radical (unpaired) electrons. The second-order valence-corrected chi connectivity index (χ2v) is 3.51. The van der Waals surface area contributed by atoms with Gasteiger partial charge in [0.05, 0.1) is 7.11 Å². The van der Waals surface area contributed by atoms with Gasteiger partial charge in [-0.25, -0.2) is 4.79 Å². The highest BCUT2D eigenvalue weighted by molar-refractivity contribution is 5.85. The van der Waals surface area contributed by atoms with Crippen LogP contribution in [0.3, 0.4) is 0 Å². The standard InChI is InChI=1S/C12H12N2O4/c1-17-10-5-3-2-4-8(10)6-13-12-14-9(7-18-12)11(15)16/h2-5,7H,6H2,1H3,(H,13,14)(H,15,16). The maximum absolute atomic E-state index is 10.6. The molecular formula is C12H12N2O4. The van der Waals surface area contributed by atoms with Crippen LogP contribution in [0.15, 0.2) is 34.9 Å². The van der Waals surface area contributed by atoms with E-state index in [0.29, 0.717) is 6.54 Å². The van der Waals surface area contributed by atoms with E-state index in [4.69, 9.17) is 14.3 Å². The van der Waals surface area contributed by atoms with Gasteiger partial charge < -0.3 is 19.6 Å². The van der Waals surface area contributed by atoms with Crippen molar-refractivity contribution in [1.82, 2.24) is 4.98 Å². The van der Waals surface area contributed by atoms with Crippen molar-refractivity contribution in [3.63, 3.8) is 0 Å². The molecule has 0 bridgehead atoms. The summed E-state index contributed by atoms with van der Waals surface area (Å²) in [4.78, 5) is 14.4. The lowest BCUT2D eigenvalue weighted by Crippen LogP contribution is -2.02. The Hall–Kier alpha value is -2.50. The van der Waals surface area contributed by atoms with Gasteiger partial charge in [-0.05, 0) is 6.07 Å². The number of ether oxygens (including phenoxy) is 1. The molecule has 2 aromatic rings. The number of aromatic nitrogens is 1. The van der Waals surface area contributed by atoms with Crippen molar-refractivity contribution >= 4 is 12.0 Å². The Kier molecular flexibility index (Phi) is 3.47. The first-order valence-corrected chi connectivity index (χ1v) is 5.25. The molecule has 0 atom stereocenters. The zero-order valence-electron chi connectivity index (χ0n) is 9.71. The fourth-order valence-electron chi connectivity index (χ4n) is 1.47. The summed E-state index contributed by atoms with van der Waals surface area (Å²) < 4.78 is 10.2. The zero-order valence-corrected chi connectivity index (χ0v) is 9.71. The van der Waals surface area contributed by atoms with Crippen LogP contribution in [0.2, 0.25) is 0 Å². The number of methoxy groups -OCH3 is 1. The van der Waals surface area contributed by atoms with Crippen molar-refractivity contribution in [2.75, 3.05) is 12.4 Å². The molecule has 6 heteroatoms. The monoisotopic (exact) mass is 248 g/mol. The number of hydrogen-bond donors (Lipinski definition) is 2. The molecule has 0 aliphatic carbocycles. The molecule has 2 N–H and O–H groups in total. The van der Waals surface area contributed by atoms with E-state index in [1.54, 1.807) is 7.11 Å². The third-order valence-corrected chi connectivity index (χ3v) is 2.35. The summed E-state index contributed by atoms with van der Waals surface area (Å²) in [6.07, 6.45) is 1.09. The molecule has 1 heterocycles. The van der Waals surface area contributed by atoms with E-state index < -0.39 is 5.97 Å². The molecule has 1 aromatic carbocycles. The lowest BCUT2D eigenvalue weighted by Gasteiger charge is -2.07. The topological polar surface area (TPSA) is 84.6 Å². The number of anilines is 1. The van der Waals surface area contributed by atoms with Crippen molar-refractivity contribution in [3.05, 3.63) is 41.8 Å². The van der Waals surface area contributed by atoms with Crippen molar-refractivity contribution in [1.29, 1.82) is 0 Å². The second kappa shape index (κ2) is 5.22. The molecule has 0 amide bonds. The van der Waals surface area contributed by atoms with Gasteiger partial charge in [0, 0.05) is 12.1 Å². The van der Waals surface area contributed by atoms with Gasteiger partial charge in [-0.2, -0.15) is 4.98 Å². The summed E-state index contributed by atoms with van der Waals surface area (Å²) in [5.41, 5.74) is 0.799. The molecule has 0 spiro atoms. The second-order valence-electron chi connectivity index (χ2n) is 3.51. The van der Waals surface area contributed by atoms with Crippen LogP contribution in [0.25, 0.3) is 0 Å². The number of benzene rings is 1. The number of nitrogens with zero attached hydrogens (tertiary/aromatic N) is 1. The number of aromatic carboxylic acids is 1. The first-order valence-electron chi connectivity index (χ1n) is 5.25. The number of carboxylic acids is 1. The molecule has 0 unspecified atom stereocenters. The number of rotatable bonds is 5. The Balaban J connectivity index is 2.04. The fraction of sp³-hybridized carbons (Fsp3) is 0.167. The minimum absolute atomic E-state index is 0.127. The molecule has 0 saturated heterocycles. The zero-order chi connectivity index (χ0) is 13.0. The minimum Gasteiger partial charge on any atom is -0.496 e. The summed E-state index contributed by atoms with van der Waals surface area (Å²) in [5, 5.41) is 11.6. The van der Waals surface area contributed by atoms with Gasteiger partial charge in [0.1, 0.15) is 12.0 Å². The van der Waals surface area contributed by atoms with Crippen molar-refractivity contribution < 1.29 is 19.1 Å². The van der Waals surface area contributed by atoms with Gasteiger partial charge in [0.2, 0.25) is 0 Å². The first kappa shape index (κ1) is 12.0. The number of para-hydroxylation sites is 1. The quantitative estimate of drug-likeness (QED) is 0.841. The van der Waals surface area contributed by atoms with Crippen molar-refractivity contribution in [3.8, 4) is 5.75 Å². The van der Waals surface area contributed by atoms with E-state index in [2.05, 4.69) is 10.3 Å². The summed E-state index contributed by atoms with van der Waals surface area (Å²) >= 11 is 0. The van der Waals surface area contributed by atoms with Crippen LogP contribution in [0.4, 0.5) is 6.01 Å². The number of carbonyl (C=O) groups is 1. The van der Waals surface area contributed by atoms with Crippen LogP contribution < -0.4 is 10.1 Å². The summed E-state index contributed by atoms with van der Waals surface area (Å²) in [5.74, 6) is -0.376. The third-order valence-electron chi connectivity index (χ3n) is 2.35. The molecular weight excluding hydrogens is 236 g/mol. The normalized spacial score (nSPS) is 10.1. The van der Waals surface area contributed by atoms with Crippen molar-refractivity contribution in [2.24, 2.45) is 0 Å². The Morgan fingerprint density at radius 2 is 2.28 bits per heavy atom. The van der Waals surface area contributed by atoms with E-state index in [1.165, 1.54) is 0 Å². The number of nitrogens with one attached hydrogen (secondary N) is 1. The van der Waals surface area contributed by atoms with E-state index in [-0.39, 0.29) is 11.7 Å². The minimum atomic E-state index is -1.12. The molecule has 6 nitrogen and oxygen atoms in total. The van der Waals surface area contributed by atoms with E-state index in [1.807, 2.05) is 24.3 Å². The molecule has 94 valence electrons. The molecule has 2 rings (SSSR count). The van der Waals surface area contributed by atoms with E-state index in [9.17, 15) is 4.79 Å². The summed E-state index contributed by atoms with van der Waals surface area (Å²) in [7, 11) is 1.59. The van der Waals surface area contributed by atoms with Crippen molar-refractivity contribution in [2.45, 2.75) is 6.54 Å². The molecule has 0 aliphatic rings. The van der Waals surface area contributed by atoms with Crippen LogP contribution >= 0.6 is 0 Å². The Morgan fingerprint density at radius 3 is 2.94 bits per heavy atom. The largest absolute Gasteiger partial charge is 0.496 e. The maximum atomic E-state index is 10.6. The maximum Gasteiger partial charge on any atom is 0.357 e. The van der Waals surface area contributed by atoms with Gasteiger partial charge in [-0.15, -0.1) is 0 Å². The highest BCUT2D eigenvalue weighted by Gasteiger charge is 2.10. The smallest absolute Gasteiger partial charge is 0.357 e. The Morgan fingerprint density at radius 1 is 1.50 bits per heavy atom. The van der Waals surface area contributed by atoms with Crippen LogP contribution in [0.5, 0.6) is 5.75 Å². The first-order chi connectivity index (χ1) is 8.70. The highest BCUT2D eigenvalue weighted by atomic mass is 16.5. The fourth-order valence-corrected chi connectivity index (χ4v) is 1.47. The average molecular weight is 248 g/mol. The van der Waals surface area contributed by atoms with E-state index in [0.717, 1.165) is 17.6 Å². The van der Waals surface area contributed by atoms with Gasteiger partial charge in [0.25, 0.3) is 6.01 Å². The van der Waals surface area contributed by atoms with Gasteiger partial charge >= 0.3 is 5.97 Å². The van der Waals surface area contributed by atoms with E-state index >= 15 is 0 Å². The third kappa shape index (κ3) is 2.60. The Labute approximate surface area is 103 Å². The van der Waals surface area contributed by atoms with Crippen LogP contribution in [0.1, 0.15) is 16.1 Å². The highest BCUT2D eigenvalue weighted by Crippen LogP contribution is 2.18. The predicted molar refractivity (Wildman–Crippen MR) is 63.8 cm³/mol. The molecule has 18 heavy (non-hydrogen) atoms. The summed E-state index contributed by atoms with van der Waals surface area (Å²) in [6, 6.07) is 7.66. The van der Waals surface area contributed by atoms with Crippen LogP contribution in [-0.4, -0.2) is 23.2 Å². The van der Waals surface area contributed by atoms with Gasteiger partial charge in [-0.1, -0.05) is 18.2 Å². The number of carboxylic acid groups (broad SMARTS) is 1. The number of hydrogen-bond acceptors (Lipinski definition) is 5. The SMILES string of the molecule is COc1ccccc1CNc1nc(C(=O)O)co1. The molecule has 0 aliphatic heterocycles. The van der Waals surface area contributed by atoms with Crippen LogP contribution in [-0.2, 0) is 6.54 Å². The predicted octanol–water partition coefficient (Wildman–Crippen LogP) is 1.99. The summed E-state index contributed by atoms with van der Waals surface area (Å²) in [6.45, 7) is 0.434. The average Bonchev–Trinajstić information content (AvgIpc) is 2.85. The molecule has 0 fully saturated rings. The Bertz CT molecular complexity index is 551. The lowest BCUT2D eigenvalue weighted by atomic mass is 10.2. The lowest BCUT2D eigenvalue weighted by molar-refractivity contribution is 0.0690. The molecule has 0 saturated carbocycles. The van der Waals surface area contributed by atoms with Gasteiger partial charge in [0.15, 0.2) is 5.69 Å². The number of oxazole rings is 1. The van der Waals surface area contributed by atoms with Crippen LogP contribution in [0, 0.1) is 0 Å². The molecule has 1 aromatic heterocycles.